The van der Waals surface area contributed by atoms with E-state index in [4.69, 9.17) is 11.6 Å². The molecule has 0 spiro atoms. The Bertz CT molecular complexity index is 880. The van der Waals surface area contributed by atoms with Crippen LogP contribution in [0.3, 0.4) is 0 Å². The number of nitrogens with one attached hydrogen (secondary N) is 2. The number of nitrogens with zero attached hydrogens (tertiary/aromatic N) is 1. The SMILES string of the molecule is C.CC(C)[C@@H](NC(=O)C1=CC=CC(O)N1)C(=O)N1CCC(c2ccc(Cl)cc2)C(C)(C)C1.O. The van der Waals surface area contributed by atoms with Crippen molar-refractivity contribution >= 4 is 23.4 Å². The summed E-state index contributed by atoms with van der Waals surface area (Å²) in [6, 6.07) is 7.32. The van der Waals surface area contributed by atoms with Gasteiger partial charge in [0.25, 0.3) is 5.91 Å². The van der Waals surface area contributed by atoms with Crippen molar-refractivity contribution in [3.8, 4) is 0 Å². The van der Waals surface area contributed by atoms with E-state index in [0.29, 0.717) is 19.0 Å². The van der Waals surface area contributed by atoms with E-state index in [1.54, 1.807) is 12.2 Å². The standard InChI is InChI=1S/C24H32ClN3O3.CH4.H2O/c1-15(2)21(27-22(30)19-6-5-7-20(29)26-19)23(31)28-13-12-18(24(3,4)14-28)16-8-10-17(25)11-9-16;;/h5-11,15,18,20-21,26,29H,12-14H2,1-4H3,(H,27,30);1H4;1H2/t18?,20?,21-;;/m1../s1. The second-order valence-electron chi connectivity index (χ2n) is 9.39. The number of aliphatic hydroxyl groups excluding tert-OH is 1. The smallest absolute Gasteiger partial charge is 0.268 e. The lowest BCUT2D eigenvalue weighted by molar-refractivity contribution is -0.140. The molecule has 2 aliphatic rings. The van der Waals surface area contributed by atoms with E-state index >= 15 is 0 Å². The monoisotopic (exact) mass is 479 g/mol. The van der Waals surface area contributed by atoms with Gasteiger partial charge in [0.05, 0.1) is 0 Å². The van der Waals surface area contributed by atoms with Crippen LogP contribution in [0.25, 0.3) is 0 Å². The minimum absolute atomic E-state index is 0. The number of carbonyl (C=O) groups is 2. The number of carbonyl (C=O) groups excluding carboxylic acids is 2. The van der Waals surface area contributed by atoms with Gasteiger partial charge in [-0.3, -0.25) is 9.59 Å². The van der Waals surface area contributed by atoms with E-state index < -0.39 is 18.2 Å². The molecule has 2 aliphatic heterocycles. The molecule has 3 rings (SSSR count). The van der Waals surface area contributed by atoms with Gasteiger partial charge in [-0.25, -0.2) is 0 Å². The molecule has 3 atom stereocenters. The Morgan fingerprint density at radius 2 is 1.88 bits per heavy atom. The number of likely N-dealkylation sites (tertiary alicyclic amines) is 1. The van der Waals surface area contributed by atoms with Gasteiger partial charge in [0.1, 0.15) is 18.0 Å². The lowest BCUT2D eigenvalue weighted by Crippen LogP contribution is -2.56. The molecule has 1 saturated heterocycles. The molecule has 2 unspecified atom stereocenters. The molecule has 0 bridgehead atoms. The Morgan fingerprint density at radius 1 is 1.24 bits per heavy atom. The lowest BCUT2D eigenvalue weighted by Gasteiger charge is -2.45. The van der Waals surface area contributed by atoms with E-state index in [1.165, 1.54) is 11.6 Å². The number of benzene rings is 1. The molecule has 184 valence electrons. The summed E-state index contributed by atoms with van der Waals surface area (Å²) in [7, 11) is 0. The molecule has 2 heterocycles. The molecule has 7 nitrogen and oxygen atoms in total. The fraction of sp³-hybridized carbons (Fsp3) is 0.520. The fourth-order valence-electron chi connectivity index (χ4n) is 4.44. The summed E-state index contributed by atoms with van der Waals surface area (Å²) in [5.41, 5.74) is 1.36. The predicted octanol–water partition coefficient (Wildman–Crippen LogP) is 3.00. The maximum atomic E-state index is 13.4. The van der Waals surface area contributed by atoms with Crippen molar-refractivity contribution in [2.24, 2.45) is 11.3 Å². The molecule has 1 aromatic carbocycles. The number of piperidine rings is 1. The van der Waals surface area contributed by atoms with Gasteiger partial charge in [-0.05, 0) is 53.5 Å². The van der Waals surface area contributed by atoms with Crippen LogP contribution in [0.5, 0.6) is 0 Å². The average molecular weight is 480 g/mol. The molecule has 8 heteroatoms. The van der Waals surface area contributed by atoms with E-state index in [9.17, 15) is 14.7 Å². The third kappa shape index (κ3) is 6.82. The van der Waals surface area contributed by atoms with Crippen LogP contribution in [0.15, 0.2) is 48.2 Å². The zero-order valence-corrected chi connectivity index (χ0v) is 19.8. The summed E-state index contributed by atoms with van der Waals surface area (Å²) in [6.45, 7) is 9.45. The third-order valence-electron chi connectivity index (χ3n) is 6.14. The quantitative estimate of drug-likeness (QED) is 0.602. The molecule has 2 amide bonds. The van der Waals surface area contributed by atoms with Crippen molar-refractivity contribution in [3.05, 3.63) is 58.8 Å². The van der Waals surface area contributed by atoms with Crippen molar-refractivity contribution in [1.82, 2.24) is 15.5 Å². The van der Waals surface area contributed by atoms with Gasteiger partial charge in [0.15, 0.2) is 0 Å². The zero-order chi connectivity index (χ0) is 22.8. The van der Waals surface area contributed by atoms with Crippen molar-refractivity contribution in [1.29, 1.82) is 0 Å². The van der Waals surface area contributed by atoms with Crippen LogP contribution in [0.2, 0.25) is 5.02 Å². The Balaban J connectivity index is 0.00000272. The van der Waals surface area contributed by atoms with Crippen molar-refractivity contribution < 1.29 is 20.2 Å². The first-order chi connectivity index (χ1) is 14.6. The van der Waals surface area contributed by atoms with Crippen LogP contribution in [-0.2, 0) is 9.59 Å². The highest BCUT2D eigenvalue weighted by Crippen LogP contribution is 2.42. The molecule has 5 N–H and O–H groups in total. The summed E-state index contributed by atoms with van der Waals surface area (Å²) in [5, 5.41) is 16.0. The number of amides is 2. The van der Waals surface area contributed by atoms with Gasteiger partial charge in [-0.2, -0.15) is 0 Å². The van der Waals surface area contributed by atoms with Crippen LogP contribution in [0, 0.1) is 11.3 Å². The Hall–Kier alpha value is -2.35. The predicted molar refractivity (Wildman–Crippen MR) is 133 cm³/mol. The van der Waals surface area contributed by atoms with Gasteiger partial charge >= 0.3 is 0 Å². The molecular formula is C25H38ClN3O4. The van der Waals surface area contributed by atoms with Crippen LogP contribution in [-0.4, -0.2) is 52.7 Å². The molecule has 0 aliphatic carbocycles. The largest absolute Gasteiger partial charge is 0.412 e. The molecule has 0 saturated carbocycles. The average Bonchev–Trinajstić information content (AvgIpc) is 2.71. The first kappa shape index (κ1) is 28.7. The van der Waals surface area contributed by atoms with Crippen LogP contribution >= 0.6 is 11.6 Å². The number of allylic oxidation sites excluding steroid dienone is 2. The second-order valence-corrected chi connectivity index (χ2v) is 9.83. The minimum Gasteiger partial charge on any atom is -0.412 e. The highest BCUT2D eigenvalue weighted by molar-refractivity contribution is 6.30. The van der Waals surface area contributed by atoms with Gasteiger partial charge in [0.2, 0.25) is 5.91 Å². The molecule has 1 fully saturated rings. The van der Waals surface area contributed by atoms with Gasteiger partial charge in [0, 0.05) is 18.1 Å². The van der Waals surface area contributed by atoms with Crippen molar-refractivity contribution in [2.45, 2.75) is 59.7 Å². The summed E-state index contributed by atoms with van der Waals surface area (Å²) < 4.78 is 0. The summed E-state index contributed by atoms with van der Waals surface area (Å²) in [5.74, 6) is -0.215. The number of hydrogen-bond acceptors (Lipinski definition) is 4. The van der Waals surface area contributed by atoms with E-state index in [1.807, 2.05) is 30.9 Å². The number of dihydropyridines is 1. The fourth-order valence-corrected chi connectivity index (χ4v) is 4.57. The Labute approximate surface area is 202 Å². The molecule has 33 heavy (non-hydrogen) atoms. The number of hydrogen-bond donors (Lipinski definition) is 3. The number of rotatable bonds is 5. The minimum atomic E-state index is -0.911. The molecule has 1 aromatic rings. The van der Waals surface area contributed by atoms with Crippen LogP contribution in [0.1, 0.15) is 53.0 Å². The van der Waals surface area contributed by atoms with Crippen LogP contribution < -0.4 is 10.6 Å². The molecule has 0 aromatic heterocycles. The Kier molecular flexibility index (Phi) is 10.2. The summed E-state index contributed by atoms with van der Waals surface area (Å²) >= 11 is 6.04. The summed E-state index contributed by atoms with van der Waals surface area (Å²) in [4.78, 5) is 27.9. The van der Waals surface area contributed by atoms with Gasteiger partial charge < -0.3 is 26.1 Å². The van der Waals surface area contributed by atoms with Crippen molar-refractivity contribution in [2.75, 3.05) is 13.1 Å². The Morgan fingerprint density at radius 3 is 2.42 bits per heavy atom. The van der Waals surface area contributed by atoms with Gasteiger partial charge in [-0.15, -0.1) is 0 Å². The zero-order valence-electron chi connectivity index (χ0n) is 19.1. The third-order valence-corrected chi connectivity index (χ3v) is 6.39. The lowest BCUT2D eigenvalue weighted by atomic mass is 9.70. The molecular weight excluding hydrogens is 442 g/mol. The van der Waals surface area contributed by atoms with E-state index in [-0.39, 0.29) is 35.8 Å². The molecule has 0 radical (unpaired) electrons. The first-order valence-corrected chi connectivity index (χ1v) is 11.1. The topological polar surface area (TPSA) is 113 Å². The van der Waals surface area contributed by atoms with E-state index in [0.717, 1.165) is 11.4 Å². The maximum Gasteiger partial charge on any atom is 0.268 e. The highest BCUT2D eigenvalue weighted by atomic mass is 35.5. The van der Waals surface area contributed by atoms with Crippen LogP contribution in [0.4, 0.5) is 0 Å². The number of aliphatic hydroxyl groups is 1. The highest BCUT2D eigenvalue weighted by Gasteiger charge is 2.40. The van der Waals surface area contributed by atoms with E-state index in [2.05, 4.69) is 36.6 Å². The summed E-state index contributed by atoms with van der Waals surface area (Å²) in [6.07, 6.45) is 4.68. The first-order valence-electron chi connectivity index (χ1n) is 10.8. The second kappa shape index (κ2) is 11.7. The van der Waals surface area contributed by atoms with Crippen molar-refractivity contribution in [3.63, 3.8) is 0 Å². The van der Waals surface area contributed by atoms with Gasteiger partial charge in [-0.1, -0.05) is 64.9 Å². The normalized spacial score (nSPS) is 22.3. The maximum absolute atomic E-state index is 13.4. The number of halogens is 1.